The summed E-state index contributed by atoms with van der Waals surface area (Å²) in [7, 11) is 3.36. The Bertz CT molecular complexity index is 489. The number of likely N-dealkylation sites (N-methyl/N-ethyl adjacent to an activating group) is 1. The number of carbonyl (C=O) groups is 2. The Hall–Kier alpha value is -2.11. The van der Waals surface area contributed by atoms with E-state index in [1.807, 2.05) is 0 Å². The van der Waals surface area contributed by atoms with Gasteiger partial charge in [0.2, 0.25) is 5.91 Å². The minimum Gasteiger partial charge on any atom is -0.387 e. The molecular weight excluding hydrogens is 244 g/mol. The third-order valence-electron chi connectivity index (χ3n) is 3.34. The molecule has 1 fully saturated rings. The fourth-order valence-corrected chi connectivity index (χ4v) is 2.31. The first-order valence-electron chi connectivity index (χ1n) is 6.32. The normalized spacial score (nSPS) is 18.2. The van der Waals surface area contributed by atoms with Crippen LogP contribution in [0, 0.1) is 0 Å². The molecule has 6 nitrogen and oxygen atoms in total. The number of likely N-dealkylation sites (tertiary alicyclic amines) is 1. The molecule has 1 unspecified atom stereocenters. The van der Waals surface area contributed by atoms with Crippen molar-refractivity contribution in [1.82, 2.24) is 15.2 Å². The van der Waals surface area contributed by atoms with Crippen molar-refractivity contribution in [2.24, 2.45) is 0 Å². The van der Waals surface area contributed by atoms with Gasteiger partial charge in [-0.15, -0.1) is 0 Å². The summed E-state index contributed by atoms with van der Waals surface area (Å²) in [5, 5.41) is 5.55. The molecule has 2 N–H and O–H groups in total. The molecule has 1 aliphatic rings. The number of nitrogens with zero attached hydrogens (tertiary/aromatic N) is 2. The van der Waals surface area contributed by atoms with Crippen LogP contribution in [0.5, 0.6) is 0 Å². The van der Waals surface area contributed by atoms with Gasteiger partial charge in [-0.1, -0.05) is 0 Å². The van der Waals surface area contributed by atoms with Gasteiger partial charge in [-0.3, -0.25) is 14.6 Å². The molecule has 1 aliphatic heterocycles. The van der Waals surface area contributed by atoms with E-state index in [2.05, 4.69) is 15.6 Å². The topological polar surface area (TPSA) is 74.3 Å². The molecule has 1 aromatic heterocycles. The first kappa shape index (κ1) is 13.3. The van der Waals surface area contributed by atoms with E-state index in [1.54, 1.807) is 31.3 Å². The zero-order chi connectivity index (χ0) is 13.8. The van der Waals surface area contributed by atoms with Gasteiger partial charge in [0.15, 0.2) is 0 Å². The summed E-state index contributed by atoms with van der Waals surface area (Å²) in [6.07, 6.45) is 4.74. The Morgan fingerprint density at radius 3 is 2.84 bits per heavy atom. The molecule has 1 aromatic rings. The number of amides is 2. The minimum atomic E-state index is -0.365. The SMILES string of the molecule is CNC(=O)C1CCCN1C(=O)c1cncc(NC)c1. The molecule has 0 saturated carbocycles. The van der Waals surface area contributed by atoms with Crippen molar-refractivity contribution in [3.8, 4) is 0 Å². The third kappa shape index (κ3) is 2.67. The number of anilines is 1. The van der Waals surface area contributed by atoms with Gasteiger partial charge in [-0.2, -0.15) is 0 Å². The van der Waals surface area contributed by atoms with Gasteiger partial charge in [-0.25, -0.2) is 0 Å². The molecule has 2 rings (SSSR count). The summed E-state index contributed by atoms with van der Waals surface area (Å²) in [6, 6.07) is 1.38. The average Bonchev–Trinajstić information content (AvgIpc) is 2.95. The fourth-order valence-electron chi connectivity index (χ4n) is 2.31. The number of aromatic nitrogens is 1. The quantitative estimate of drug-likeness (QED) is 0.830. The van der Waals surface area contributed by atoms with Gasteiger partial charge in [-0.05, 0) is 18.9 Å². The second kappa shape index (κ2) is 5.69. The second-order valence-electron chi connectivity index (χ2n) is 4.48. The van der Waals surface area contributed by atoms with Crippen LogP contribution in [0.4, 0.5) is 5.69 Å². The van der Waals surface area contributed by atoms with Crippen molar-refractivity contribution >= 4 is 17.5 Å². The van der Waals surface area contributed by atoms with Crippen molar-refractivity contribution in [2.45, 2.75) is 18.9 Å². The van der Waals surface area contributed by atoms with Crippen molar-refractivity contribution in [3.63, 3.8) is 0 Å². The molecule has 0 aliphatic carbocycles. The van der Waals surface area contributed by atoms with E-state index >= 15 is 0 Å². The maximum absolute atomic E-state index is 12.4. The van der Waals surface area contributed by atoms with E-state index in [0.717, 1.165) is 12.1 Å². The predicted octanol–water partition coefficient (Wildman–Crippen LogP) is 0.474. The lowest BCUT2D eigenvalue weighted by Crippen LogP contribution is -2.44. The largest absolute Gasteiger partial charge is 0.387 e. The smallest absolute Gasteiger partial charge is 0.256 e. The Balaban J connectivity index is 2.20. The number of hydrogen-bond acceptors (Lipinski definition) is 4. The molecule has 0 radical (unpaired) electrons. The highest BCUT2D eigenvalue weighted by Crippen LogP contribution is 2.21. The summed E-state index contributed by atoms with van der Waals surface area (Å²) in [6.45, 7) is 0.612. The van der Waals surface area contributed by atoms with E-state index in [-0.39, 0.29) is 17.9 Å². The Morgan fingerprint density at radius 1 is 1.37 bits per heavy atom. The van der Waals surface area contributed by atoms with Crippen LogP contribution in [-0.2, 0) is 4.79 Å². The van der Waals surface area contributed by atoms with E-state index in [4.69, 9.17) is 0 Å². The summed E-state index contributed by atoms with van der Waals surface area (Å²) >= 11 is 0. The van der Waals surface area contributed by atoms with E-state index in [0.29, 0.717) is 18.5 Å². The average molecular weight is 262 g/mol. The lowest BCUT2D eigenvalue weighted by Gasteiger charge is -2.23. The fraction of sp³-hybridized carbons (Fsp3) is 0.462. The second-order valence-corrected chi connectivity index (χ2v) is 4.48. The number of pyridine rings is 1. The van der Waals surface area contributed by atoms with Crippen LogP contribution in [0.25, 0.3) is 0 Å². The lowest BCUT2D eigenvalue weighted by atomic mass is 10.2. The molecule has 2 amide bonds. The van der Waals surface area contributed by atoms with Crippen LogP contribution in [0.15, 0.2) is 18.5 Å². The highest BCUT2D eigenvalue weighted by molar-refractivity contribution is 5.98. The zero-order valence-electron chi connectivity index (χ0n) is 11.1. The van der Waals surface area contributed by atoms with Crippen LogP contribution in [0.2, 0.25) is 0 Å². The third-order valence-corrected chi connectivity index (χ3v) is 3.34. The van der Waals surface area contributed by atoms with Gasteiger partial charge in [0.25, 0.3) is 5.91 Å². The minimum absolute atomic E-state index is 0.108. The lowest BCUT2D eigenvalue weighted by molar-refractivity contribution is -0.124. The van der Waals surface area contributed by atoms with E-state index < -0.39 is 0 Å². The van der Waals surface area contributed by atoms with Gasteiger partial charge in [0.05, 0.1) is 11.3 Å². The summed E-state index contributed by atoms with van der Waals surface area (Å²) < 4.78 is 0. The molecule has 0 spiro atoms. The molecule has 6 heteroatoms. The number of hydrogen-bond donors (Lipinski definition) is 2. The number of carbonyl (C=O) groups excluding carboxylic acids is 2. The Morgan fingerprint density at radius 2 is 2.16 bits per heavy atom. The van der Waals surface area contributed by atoms with Crippen molar-refractivity contribution in [1.29, 1.82) is 0 Å². The summed E-state index contributed by atoms with van der Waals surface area (Å²) in [5.41, 5.74) is 1.28. The highest BCUT2D eigenvalue weighted by Gasteiger charge is 2.34. The molecule has 1 atom stereocenters. The van der Waals surface area contributed by atoms with Gasteiger partial charge in [0.1, 0.15) is 6.04 Å². The maximum Gasteiger partial charge on any atom is 0.256 e. The van der Waals surface area contributed by atoms with Gasteiger partial charge >= 0.3 is 0 Å². The van der Waals surface area contributed by atoms with Crippen LogP contribution in [0.3, 0.4) is 0 Å². The Kier molecular flexibility index (Phi) is 3.99. The first-order chi connectivity index (χ1) is 9.17. The summed E-state index contributed by atoms with van der Waals surface area (Å²) in [4.78, 5) is 29.8. The van der Waals surface area contributed by atoms with Gasteiger partial charge < -0.3 is 15.5 Å². The number of nitrogens with one attached hydrogen (secondary N) is 2. The van der Waals surface area contributed by atoms with Crippen molar-refractivity contribution in [2.75, 3.05) is 26.0 Å². The van der Waals surface area contributed by atoms with Gasteiger partial charge in [0, 0.05) is 33.0 Å². The van der Waals surface area contributed by atoms with Crippen LogP contribution in [0.1, 0.15) is 23.2 Å². The first-order valence-corrected chi connectivity index (χ1v) is 6.32. The predicted molar refractivity (Wildman–Crippen MR) is 71.9 cm³/mol. The van der Waals surface area contributed by atoms with Crippen LogP contribution >= 0.6 is 0 Å². The van der Waals surface area contributed by atoms with E-state index in [9.17, 15) is 9.59 Å². The Labute approximate surface area is 112 Å². The monoisotopic (exact) mass is 262 g/mol. The zero-order valence-corrected chi connectivity index (χ0v) is 11.1. The van der Waals surface area contributed by atoms with Crippen LogP contribution < -0.4 is 10.6 Å². The number of rotatable bonds is 3. The molecule has 0 aromatic carbocycles. The molecular formula is C13H18N4O2. The summed E-state index contributed by atoms with van der Waals surface area (Å²) in [5.74, 6) is -0.251. The van der Waals surface area contributed by atoms with Crippen molar-refractivity contribution < 1.29 is 9.59 Å². The standard InChI is InChI=1S/C13H18N4O2/c1-14-10-6-9(7-16-8-10)13(19)17-5-3-4-11(17)12(18)15-2/h6-8,11,14H,3-5H2,1-2H3,(H,15,18). The molecule has 0 bridgehead atoms. The maximum atomic E-state index is 12.4. The van der Waals surface area contributed by atoms with E-state index in [1.165, 1.54) is 6.20 Å². The molecule has 2 heterocycles. The highest BCUT2D eigenvalue weighted by atomic mass is 16.2. The molecule has 102 valence electrons. The van der Waals surface area contributed by atoms with Crippen LogP contribution in [-0.4, -0.2) is 48.4 Å². The molecule has 19 heavy (non-hydrogen) atoms. The molecule has 1 saturated heterocycles. The van der Waals surface area contributed by atoms with Crippen molar-refractivity contribution in [3.05, 3.63) is 24.0 Å².